The van der Waals surface area contributed by atoms with E-state index in [2.05, 4.69) is 129 Å². The molecule has 0 aromatic heterocycles. The fourth-order valence-electron chi connectivity index (χ4n) is 5.59. The molecule has 1 nitrogen and oxygen atoms in total. The average molecular weight is 472 g/mol. The van der Waals surface area contributed by atoms with Gasteiger partial charge in [0.15, 0.2) is 0 Å². The zero-order valence-corrected chi connectivity index (χ0v) is 22.0. The summed E-state index contributed by atoms with van der Waals surface area (Å²) in [6.07, 6.45) is 25.5. The smallest absolute Gasteiger partial charge is 0.0944 e. The molecule has 2 unspecified atom stereocenters. The van der Waals surface area contributed by atoms with Gasteiger partial charge >= 0.3 is 0 Å². The molecular formula is C35H37N. The van der Waals surface area contributed by atoms with Gasteiger partial charge in [-0.3, -0.25) is 0 Å². The van der Waals surface area contributed by atoms with E-state index in [9.17, 15) is 0 Å². The van der Waals surface area contributed by atoms with E-state index < -0.39 is 0 Å². The first-order valence-electron chi connectivity index (χ1n) is 12.8. The van der Waals surface area contributed by atoms with E-state index in [0.717, 1.165) is 18.4 Å². The Morgan fingerprint density at radius 1 is 1.17 bits per heavy atom. The Morgan fingerprint density at radius 3 is 2.64 bits per heavy atom. The predicted molar refractivity (Wildman–Crippen MR) is 156 cm³/mol. The van der Waals surface area contributed by atoms with Crippen LogP contribution in [0.25, 0.3) is 0 Å². The van der Waals surface area contributed by atoms with E-state index in [1.54, 1.807) is 0 Å². The van der Waals surface area contributed by atoms with E-state index in [4.69, 9.17) is 6.42 Å². The molecule has 1 aliphatic carbocycles. The van der Waals surface area contributed by atoms with Crippen molar-refractivity contribution >= 4 is 5.69 Å². The number of benzene rings is 2. The number of rotatable bonds is 8. The number of aryl methyl sites for hydroxylation is 1. The second-order valence-electron chi connectivity index (χ2n) is 10.0. The summed E-state index contributed by atoms with van der Waals surface area (Å²) in [5.41, 5.74) is 8.64. The lowest BCUT2D eigenvalue weighted by Crippen LogP contribution is -2.50. The van der Waals surface area contributed by atoms with Crippen molar-refractivity contribution in [3.05, 3.63) is 137 Å². The first-order valence-corrected chi connectivity index (χ1v) is 12.8. The molecule has 3 atom stereocenters. The maximum absolute atomic E-state index is 6.11. The zero-order valence-electron chi connectivity index (χ0n) is 22.0. The van der Waals surface area contributed by atoms with E-state index in [1.807, 2.05) is 13.0 Å². The van der Waals surface area contributed by atoms with Crippen molar-refractivity contribution in [1.29, 1.82) is 0 Å². The molecule has 0 saturated heterocycles. The fraction of sp³-hybridized carbons (Fsp3) is 0.257. The summed E-state index contributed by atoms with van der Waals surface area (Å²) >= 11 is 0. The van der Waals surface area contributed by atoms with Crippen LogP contribution in [-0.4, -0.2) is 11.6 Å². The molecule has 2 aromatic rings. The van der Waals surface area contributed by atoms with Crippen LogP contribution in [-0.2, 0) is 6.42 Å². The van der Waals surface area contributed by atoms with Crippen molar-refractivity contribution in [3.8, 4) is 12.3 Å². The number of terminal acetylenes is 1. The Morgan fingerprint density at radius 2 is 1.92 bits per heavy atom. The maximum atomic E-state index is 6.11. The molecule has 0 radical (unpaired) electrons. The molecule has 1 aliphatic heterocycles. The number of allylic oxidation sites excluding steroid dienone is 8. The topological polar surface area (TPSA) is 3.24 Å². The highest BCUT2D eigenvalue weighted by Crippen LogP contribution is 2.52. The lowest BCUT2D eigenvalue weighted by molar-refractivity contribution is 0.472. The maximum Gasteiger partial charge on any atom is 0.0944 e. The summed E-state index contributed by atoms with van der Waals surface area (Å²) in [4.78, 5) is 2.45. The van der Waals surface area contributed by atoms with Crippen molar-refractivity contribution in [3.63, 3.8) is 0 Å². The molecule has 0 bridgehead atoms. The van der Waals surface area contributed by atoms with Gasteiger partial charge < -0.3 is 4.90 Å². The second kappa shape index (κ2) is 10.9. The van der Waals surface area contributed by atoms with Crippen LogP contribution in [0.4, 0.5) is 5.69 Å². The van der Waals surface area contributed by atoms with Crippen LogP contribution in [0.1, 0.15) is 49.8 Å². The number of hydrogen-bond acceptors (Lipinski definition) is 1. The minimum atomic E-state index is -0.256. The van der Waals surface area contributed by atoms with Gasteiger partial charge in [0.2, 0.25) is 0 Å². The third kappa shape index (κ3) is 4.82. The highest BCUT2D eigenvalue weighted by Gasteiger charge is 2.49. The van der Waals surface area contributed by atoms with Crippen molar-refractivity contribution < 1.29 is 0 Å². The van der Waals surface area contributed by atoms with Gasteiger partial charge in [0.05, 0.1) is 11.6 Å². The molecule has 0 fully saturated rings. The van der Waals surface area contributed by atoms with Crippen LogP contribution >= 0.6 is 0 Å². The predicted octanol–water partition coefficient (Wildman–Crippen LogP) is 8.42. The van der Waals surface area contributed by atoms with Gasteiger partial charge in [0.25, 0.3) is 0 Å². The average Bonchev–Trinajstić information content (AvgIpc) is 3.14. The Kier molecular flexibility index (Phi) is 7.66. The Bertz CT molecular complexity index is 1320. The third-order valence-electron chi connectivity index (χ3n) is 7.53. The van der Waals surface area contributed by atoms with E-state index in [-0.39, 0.29) is 17.5 Å². The first kappa shape index (κ1) is 25.3. The highest BCUT2D eigenvalue weighted by molar-refractivity contribution is 5.71. The standard InChI is InChI=1S/C35H37N/c1-7-10-17-31(9-3)36-34-19-14-13-18-32(34)33-23-22-30(25-35(33,36)6)28(8-2)21-20-26(4)24-29-16-12-11-15-27(29)5/h3,7-8,10-16,18-23,25,31,33H,2,17,24H2,1,4-6H3/b10-7-,26-20-,28-21+/t31-,33?,35?/m0/s1. The fourth-order valence-corrected chi connectivity index (χ4v) is 5.59. The lowest BCUT2D eigenvalue weighted by atomic mass is 9.77. The van der Waals surface area contributed by atoms with Crippen LogP contribution < -0.4 is 4.90 Å². The molecule has 1 heterocycles. The molecule has 36 heavy (non-hydrogen) atoms. The van der Waals surface area contributed by atoms with Crippen molar-refractivity contribution in [1.82, 2.24) is 0 Å². The van der Waals surface area contributed by atoms with Gasteiger partial charge in [-0.05, 0) is 74.4 Å². The SMILES string of the molecule is C#C[C@@H](C/C=C\C)N1c2ccccc2C2C=CC(/C(C=C)=C/C=C(/C)Cc3ccccc3C)=CC21C. The van der Waals surface area contributed by atoms with E-state index in [1.165, 1.54) is 33.5 Å². The van der Waals surface area contributed by atoms with Gasteiger partial charge in [-0.25, -0.2) is 0 Å². The summed E-state index contributed by atoms with van der Waals surface area (Å²) in [6, 6.07) is 17.3. The Labute approximate surface area is 217 Å². The molecule has 2 aromatic carbocycles. The third-order valence-corrected chi connectivity index (χ3v) is 7.53. The highest BCUT2D eigenvalue weighted by atomic mass is 15.3. The first-order chi connectivity index (χ1) is 17.4. The summed E-state index contributed by atoms with van der Waals surface area (Å²) in [5, 5.41) is 0. The largest absolute Gasteiger partial charge is 0.347 e. The Balaban J connectivity index is 1.70. The van der Waals surface area contributed by atoms with Crippen LogP contribution in [0.15, 0.2) is 120 Å². The lowest BCUT2D eigenvalue weighted by Gasteiger charge is -2.43. The minimum absolute atomic E-state index is 0.0197. The Hall–Kier alpha value is -3.76. The van der Waals surface area contributed by atoms with Crippen LogP contribution in [0, 0.1) is 19.3 Å². The summed E-state index contributed by atoms with van der Waals surface area (Å²) < 4.78 is 0. The molecule has 1 heteroatoms. The molecule has 0 spiro atoms. The minimum Gasteiger partial charge on any atom is -0.347 e. The van der Waals surface area contributed by atoms with Crippen LogP contribution in [0.3, 0.4) is 0 Å². The second-order valence-corrected chi connectivity index (χ2v) is 10.0. The number of fused-ring (bicyclic) bond motifs is 3. The number of anilines is 1. The van der Waals surface area contributed by atoms with Gasteiger partial charge in [0.1, 0.15) is 0 Å². The van der Waals surface area contributed by atoms with Crippen molar-refractivity contribution in [2.45, 2.75) is 58.0 Å². The summed E-state index contributed by atoms with van der Waals surface area (Å²) in [5.74, 6) is 3.33. The monoisotopic (exact) mass is 471 g/mol. The van der Waals surface area contributed by atoms with Crippen molar-refractivity contribution in [2.24, 2.45) is 0 Å². The quantitative estimate of drug-likeness (QED) is 0.212. The van der Waals surface area contributed by atoms with Gasteiger partial charge in [0, 0.05) is 11.6 Å². The normalized spacial score (nSPS) is 22.1. The van der Waals surface area contributed by atoms with Crippen LogP contribution in [0.5, 0.6) is 0 Å². The molecule has 0 N–H and O–H groups in total. The van der Waals surface area contributed by atoms with Gasteiger partial charge in [-0.15, -0.1) is 6.42 Å². The molecular weight excluding hydrogens is 434 g/mol. The molecule has 0 amide bonds. The van der Waals surface area contributed by atoms with Crippen molar-refractivity contribution in [2.75, 3.05) is 4.90 Å². The summed E-state index contributed by atoms with van der Waals surface area (Å²) in [7, 11) is 0. The number of hydrogen-bond donors (Lipinski definition) is 0. The molecule has 2 aliphatic rings. The van der Waals surface area contributed by atoms with Gasteiger partial charge in [-0.1, -0.05) is 109 Å². The molecule has 4 rings (SSSR count). The molecule has 182 valence electrons. The van der Waals surface area contributed by atoms with E-state index in [0.29, 0.717) is 0 Å². The summed E-state index contributed by atoms with van der Waals surface area (Å²) in [6.45, 7) is 12.9. The van der Waals surface area contributed by atoms with Crippen LogP contribution in [0.2, 0.25) is 0 Å². The number of para-hydroxylation sites is 1. The number of nitrogens with zero attached hydrogens (tertiary/aromatic N) is 1. The molecule has 0 saturated carbocycles. The van der Waals surface area contributed by atoms with Gasteiger partial charge in [-0.2, -0.15) is 0 Å². The van der Waals surface area contributed by atoms with E-state index >= 15 is 0 Å². The zero-order chi connectivity index (χ0) is 25.7.